The summed E-state index contributed by atoms with van der Waals surface area (Å²) in [5.74, 6) is -3.97. The van der Waals surface area contributed by atoms with Crippen molar-refractivity contribution in [3.8, 4) is 0 Å². The van der Waals surface area contributed by atoms with Gasteiger partial charge in [-0.1, -0.05) is 27.7 Å². The van der Waals surface area contributed by atoms with E-state index in [1.165, 1.54) is 27.9 Å². The number of esters is 3. The Balaban J connectivity index is 1.84. The average molecular weight is 802 g/mol. The molecule has 2 N–H and O–H groups in total. The Labute approximate surface area is 333 Å². The van der Waals surface area contributed by atoms with E-state index in [1.807, 2.05) is 60.5 Å². The highest BCUT2D eigenvalue weighted by Gasteiger charge is 2.59. The van der Waals surface area contributed by atoms with Crippen molar-refractivity contribution in [3.63, 3.8) is 0 Å². The third-order valence-corrected chi connectivity index (χ3v) is 12.9. The lowest BCUT2D eigenvalue weighted by atomic mass is 9.76. The normalized spacial score (nSPS) is 45.2. The molecule has 15 nitrogen and oxygen atoms in total. The Bertz CT molecular complexity index is 1360. The van der Waals surface area contributed by atoms with Gasteiger partial charge in [0.1, 0.15) is 29.5 Å². The molecule has 4 fully saturated rings. The van der Waals surface area contributed by atoms with Crippen LogP contribution in [-0.4, -0.2) is 145 Å². The first kappa shape index (κ1) is 46.7. The number of fused-ring (bicyclic) bond motifs is 2. The summed E-state index contributed by atoms with van der Waals surface area (Å²) in [5, 5.41) is 23.9. The van der Waals surface area contributed by atoms with Crippen LogP contribution in [-0.2, 0) is 57.0 Å². The van der Waals surface area contributed by atoms with Gasteiger partial charge in [0.15, 0.2) is 18.7 Å². The highest BCUT2D eigenvalue weighted by Crippen LogP contribution is 2.49. The van der Waals surface area contributed by atoms with E-state index in [9.17, 15) is 24.6 Å². The summed E-state index contributed by atoms with van der Waals surface area (Å²) >= 11 is 0. The molecule has 0 spiro atoms. The number of hydrogen-bond acceptors (Lipinski definition) is 15. The average Bonchev–Trinajstić information content (AvgIpc) is 3.42. The van der Waals surface area contributed by atoms with E-state index >= 15 is 0 Å². The lowest BCUT2D eigenvalue weighted by Gasteiger charge is -2.49. The molecule has 0 aromatic carbocycles. The number of cyclic esters (lactones) is 1. The summed E-state index contributed by atoms with van der Waals surface area (Å²) in [6, 6.07) is -0.243. The first-order valence-electron chi connectivity index (χ1n) is 20.4. The van der Waals surface area contributed by atoms with E-state index in [-0.39, 0.29) is 30.9 Å². The highest BCUT2D eigenvalue weighted by molar-refractivity contribution is 5.73. The van der Waals surface area contributed by atoms with Crippen LogP contribution in [0.5, 0.6) is 0 Å². The Morgan fingerprint density at radius 3 is 2.18 bits per heavy atom. The maximum atomic E-state index is 14.6. The Kier molecular flexibility index (Phi) is 15.1. The molecule has 4 saturated heterocycles. The number of aliphatic hydroxyl groups excluding tert-OH is 1. The lowest BCUT2D eigenvalue weighted by molar-refractivity contribution is -0.319. The van der Waals surface area contributed by atoms with Gasteiger partial charge in [-0.25, -0.2) is 0 Å². The molecule has 0 aliphatic carbocycles. The van der Waals surface area contributed by atoms with Gasteiger partial charge in [0, 0.05) is 45.3 Å². The molecule has 2 bridgehead atoms. The Morgan fingerprint density at radius 2 is 1.62 bits per heavy atom. The molecule has 0 aromatic rings. The minimum absolute atomic E-state index is 0.107. The number of hydrogen-bond donors (Lipinski definition) is 2. The third kappa shape index (κ3) is 9.73. The van der Waals surface area contributed by atoms with Gasteiger partial charge in [-0.05, 0) is 80.8 Å². The fraction of sp³-hybridized carbons (Fsp3) is 0.927. The second kappa shape index (κ2) is 18.1. The molecule has 324 valence electrons. The maximum Gasteiger partial charge on any atom is 0.311 e. The van der Waals surface area contributed by atoms with Crippen LogP contribution in [0.1, 0.15) is 109 Å². The Hall–Kier alpha value is -1.95. The number of carbonyl (C=O) groups is 3. The minimum Gasteiger partial charge on any atom is -0.459 e. The van der Waals surface area contributed by atoms with Crippen molar-refractivity contribution >= 4 is 17.9 Å². The molecule has 0 aromatic heterocycles. The van der Waals surface area contributed by atoms with Gasteiger partial charge in [0.2, 0.25) is 0 Å². The number of aliphatic hydroxyl groups is 2. The van der Waals surface area contributed by atoms with Crippen LogP contribution in [0.4, 0.5) is 0 Å². The van der Waals surface area contributed by atoms with Crippen LogP contribution in [0.3, 0.4) is 0 Å². The van der Waals surface area contributed by atoms with Gasteiger partial charge in [-0.2, -0.15) is 0 Å². The number of nitrogens with zero attached hydrogens (tertiary/aromatic N) is 1. The highest BCUT2D eigenvalue weighted by atomic mass is 16.7. The molecule has 4 aliphatic heterocycles. The van der Waals surface area contributed by atoms with Gasteiger partial charge in [-0.15, -0.1) is 0 Å². The second-order valence-corrected chi connectivity index (χ2v) is 17.9. The van der Waals surface area contributed by atoms with E-state index < -0.39 is 114 Å². The summed E-state index contributed by atoms with van der Waals surface area (Å²) in [4.78, 5) is 40.8. The quantitative estimate of drug-likeness (QED) is 0.228. The molecule has 7 unspecified atom stereocenters. The van der Waals surface area contributed by atoms with Crippen molar-refractivity contribution in [1.82, 2.24) is 4.90 Å². The summed E-state index contributed by atoms with van der Waals surface area (Å²) in [6.07, 6.45) is -7.48. The van der Waals surface area contributed by atoms with Gasteiger partial charge in [-0.3, -0.25) is 14.4 Å². The zero-order chi connectivity index (χ0) is 42.2. The van der Waals surface area contributed by atoms with Crippen LogP contribution in [0.15, 0.2) is 0 Å². The third-order valence-electron chi connectivity index (χ3n) is 12.9. The van der Waals surface area contributed by atoms with E-state index in [4.69, 9.17) is 42.6 Å². The fourth-order valence-electron chi connectivity index (χ4n) is 9.99. The standard InChI is InChI=1S/C41H71NO14/c1-16-29(51-26(8)43)41(12,47)35-22(4)32-20(2)18-40(11,56-32)34(55-38-31(45)28(42(13)14)17-21(3)49-38)23(5)33(24(6)37(46)54-35)53-30-19-39(10,48-15)36(25(7)50-30)52-27(9)44/h20-25,28-36,38,45,47H,16-19H2,1-15H3/t20?,21?,22-,23-,24+,25?,28?,29+,30-,31?,32?,33-,34+,35+,36-,38-,39?,40+,41+/m0/s1. The number of likely N-dealkylation sites (N-methyl/N-ethyl adjacent to an activating group) is 1. The van der Waals surface area contributed by atoms with Crippen LogP contribution in [0.2, 0.25) is 0 Å². The molecular weight excluding hydrogens is 730 g/mol. The zero-order valence-corrected chi connectivity index (χ0v) is 36.3. The fourth-order valence-corrected chi connectivity index (χ4v) is 9.99. The van der Waals surface area contributed by atoms with E-state index in [2.05, 4.69) is 0 Å². The van der Waals surface area contributed by atoms with Gasteiger partial charge in [0.05, 0.1) is 42.0 Å². The van der Waals surface area contributed by atoms with Crippen LogP contribution in [0.25, 0.3) is 0 Å². The Morgan fingerprint density at radius 1 is 0.982 bits per heavy atom. The molecule has 56 heavy (non-hydrogen) atoms. The second-order valence-electron chi connectivity index (χ2n) is 17.9. The molecule has 19 atom stereocenters. The van der Waals surface area contributed by atoms with Crippen molar-refractivity contribution in [2.75, 3.05) is 21.2 Å². The summed E-state index contributed by atoms with van der Waals surface area (Å²) in [7, 11) is 5.35. The smallest absolute Gasteiger partial charge is 0.311 e. The number of methoxy groups -OCH3 is 1. The van der Waals surface area contributed by atoms with Gasteiger partial charge in [0.25, 0.3) is 0 Å². The van der Waals surface area contributed by atoms with Crippen molar-refractivity contribution in [1.29, 1.82) is 0 Å². The first-order valence-corrected chi connectivity index (χ1v) is 20.4. The molecule has 4 heterocycles. The number of ether oxygens (including phenoxy) is 9. The van der Waals surface area contributed by atoms with Crippen molar-refractivity contribution < 1.29 is 67.2 Å². The van der Waals surface area contributed by atoms with E-state index in [0.29, 0.717) is 12.8 Å². The molecule has 4 aliphatic rings. The summed E-state index contributed by atoms with van der Waals surface area (Å²) < 4.78 is 57.1. The van der Waals surface area contributed by atoms with Crippen LogP contribution >= 0.6 is 0 Å². The van der Waals surface area contributed by atoms with Crippen molar-refractivity contribution in [2.24, 2.45) is 23.7 Å². The van der Waals surface area contributed by atoms with Gasteiger partial charge < -0.3 is 57.7 Å². The monoisotopic (exact) mass is 801 g/mol. The van der Waals surface area contributed by atoms with E-state index in [1.54, 1.807) is 20.8 Å². The van der Waals surface area contributed by atoms with Crippen molar-refractivity contribution in [3.05, 3.63) is 0 Å². The summed E-state index contributed by atoms with van der Waals surface area (Å²) in [6.45, 7) is 20.9. The largest absolute Gasteiger partial charge is 0.459 e. The first-order chi connectivity index (χ1) is 25.9. The van der Waals surface area contributed by atoms with Crippen molar-refractivity contribution in [2.45, 2.75) is 199 Å². The van der Waals surface area contributed by atoms with Crippen LogP contribution in [0, 0.1) is 23.7 Å². The lowest BCUT2D eigenvalue weighted by Crippen LogP contribution is -2.60. The molecule has 0 amide bonds. The minimum atomic E-state index is -1.81. The van der Waals surface area contributed by atoms with E-state index in [0.717, 1.165) is 0 Å². The maximum absolute atomic E-state index is 14.6. The topological polar surface area (TPSA) is 178 Å². The SMILES string of the molecule is CC[C@@H](OC(C)=O)[C@@](C)(O)[C@@H]1OC(=O)[C@H](C)[C@@H](O[C@H]2CC(C)(OC)[C@@H](OC(C)=O)C(C)O2)[C@H](C)[C@@H](O[C@@H]2OC(C)CC(N(C)C)C2O)[C@@]2(C)CC(C)C(O2)[C@@H]1C. The number of carbonyl (C=O) groups excluding carboxylic acids is 3. The number of rotatable bonds is 11. The predicted octanol–water partition coefficient (Wildman–Crippen LogP) is 3.76. The molecule has 4 rings (SSSR count). The molecule has 15 heteroatoms. The molecule has 0 saturated carbocycles. The molecular formula is C41H71NO14. The van der Waals surface area contributed by atoms with Gasteiger partial charge >= 0.3 is 17.9 Å². The zero-order valence-electron chi connectivity index (χ0n) is 36.3. The van der Waals surface area contributed by atoms with Crippen LogP contribution < -0.4 is 0 Å². The molecule has 0 radical (unpaired) electrons. The predicted molar refractivity (Wildman–Crippen MR) is 203 cm³/mol. The summed E-state index contributed by atoms with van der Waals surface area (Å²) in [5.41, 5.74) is -3.83.